The number of rotatable bonds is 8. The fraction of sp³-hybridized carbons (Fsp3) is 0.421. The molecule has 30 heavy (non-hydrogen) atoms. The second-order valence-electron chi connectivity index (χ2n) is 6.43. The van der Waals surface area contributed by atoms with Crippen molar-refractivity contribution in [3.8, 4) is 11.5 Å². The van der Waals surface area contributed by atoms with Crippen LogP contribution < -0.4 is 14.8 Å². The van der Waals surface area contributed by atoms with E-state index in [-0.39, 0.29) is 23.3 Å². The summed E-state index contributed by atoms with van der Waals surface area (Å²) in [5, 5.41) is 2.80. The minimum Gasteiger partial charge on any atom is -0.494 e. The number of halogens is 1. The number of hydrogen-bond donors (Lipinski definition) is 1. The summed E-state index contributed by atoms with van der Waals surface area (Å²) in [4.78, 5) is 13.9. The van der Waals surface area contributed by atoms with Gasteiger partial charge in [-0.15, -0.1) is 11.3 Å². The van der Waals surface area contributed by atoms with Gasteiger partial charge in [-0.2, -0.15) is 4.31 Å². The summed E-state index contributed by atoms with van der Waals surface area (Å²) in [7, 11) is -3.57. The molecule has 1 fully saturated rings. The molecule has 8 nitrogen and oxygen atoms in total. The molecule has 0 bridgehead atoms. The van der Waals surface area contributed by atoms with E-state index < -0.39 is 10.0 Å². The van der Waals surface area contributed by atoms with Crippen LogP contribution in [0, 0.1) is 0 Å². The highest BCUT2D eigenvalue weighted by molar-refractivity contribution is 7.91. The third-order valence-electron chi connectivity index (χ3n) is 4.45. The van der Waals surface area contributed by atoms with Crippen molar-refractivity contribution in [1.29, 1.82) is 0 Å². The van der Waals surface area contributed by atoms with E-state index in [0.29, 0.717) is 42.9 Å². The SMILES string of the molecule is CCOc1ccc(OCCNC(=O)N2CCN(S(=O)(=O)c3ccc(Cl)s3)CC2)cc1. The predicted molar refractivity (Wildman–Crippen MR) is 116 cm³/mol. The van der Waals surface area contributed by atoms with Crippen molar-refractivity contribution in [2.75, 3.05) is 45.9 Å². The smallest absolute Gasteiger partial charge is 0.317 e. The highest BCUT2D eigenvalue weighted by Crippen LogP contribution is 2.28. The van der Waals surface area contributed by atoms with Crippen molar-refractivity contribution in [3.05, 3.63) is 40.7 Å². The van der Waals surface area contributed by atoms with Crippen LogP contribution in [0.3, 0.4) is 0 Å². The molecule has 2 amide bonds. The molecule has 1 aromatic heterocycles. The molecule has 0 spiro atoms. The Bertz CT molecular complexity index is 941. The predicted octanol–water partition coefficient (Wildman–Crippen LogP) is 2.90. The van der Waals surface area contributed by atoms with Gasteiger partial charge in [-0.05, 0) is 43.3 Å². The minimum atomic E-state index is -3.57. The lowest BCUT2D eigenvalue weighted by molar-refractivity contribution is 0.170. The first-order valence-corrected chi connectivity index (χ1v) is 12.2. The average molecular weight is 474 g/mol. The Balaban J connectivity index is 1.39. The van der Waals surface area contributed by atoms with E-state index in [1.807, 2.05) is 31.2 Å². The number of nitrogens with one attached hydrogen (secondary N) is 1. The molecule has 0 radical (unpaired) electrons. The van der Waals surface area contributed by atoms with Crippen molar-refractivity contribution < 1.29 is 22.7 Å². The number of ether oxygens (including phenoxy) is 2. The normalized spacial score (nSPS) is 15.1. The first-order chi connectivity index (χ1) is 14.4. The lowest BCUT2D eigenvalue weighted by Crippen LogP contribution is -2.53. The molecule has 1 aliphatic rings. The van der Waals surface area contributed by atoms with Crippen LogP contribution in [0.15, 0.2) is 40.6 Å². The third kappa shape index (κ3) is 5.78. The van der Waals surface area contributed by atoms with E-state index in [0.717, 1.165) is 17.1 Å². The van der Waals surface area contributed by atoms with E-state index in [2.05, 4.69) is 5.32 Å². The molecule has 1 saturated heterocycles. The number of piperazine rings is 1. The molecular weight excluding hydrogens is 450 g/mol. The number of thiophene rings is 1. The van der Waals surface area contributed by atoms with Crippen LogP contribution >= 0.6 is 22.9 Å². The van der Waals surface area contributed by atoms with Gasteiger partial charge in [-0.3, -0.25) is 0 Å². The monoisotopic (exact) mass is 473 g/mol. The molecule has 1 aromatic carbocycles. The van der Waals surface area contributed by atoms with Gasteiger partial charge in [0.2, 0.25) is 0 Å². The van der Waals surface area contributed by atoms with Gasteiger partial charge >= 0.3 is 6.03 Å². The fourth-order valence-corrected chi connectivity index (χ4v) is 5.99. The van der Waals surface area contributed by atoms with Crippen LogP contribution in [0.4, 0.5) is 4.79 Å². The number of hydrogen-bond acceptors (Lipinski definition) is 6. The summed E-state index contributed by atoms with van der Waals surface area (Å²) in [6, 6.07) is 10.1. The van der Waals surface area contributed by atoms with E-state index in [4.69, 9.17) is 21.1 Å². The first kappa shape index (κ1) is 22.7. The highest BCUT2D eigenvalue weighted by atomic mass is 35.5. The Labute approximate surface area is 185 Å². The van der Waals surface area contributed by atoms with Gasteiger partial charge in [0.25, 0.3) is 10.0 Å². The van der Waals surface area contributed by atoms with Crippen LogP contribution in [0.5, 0.6) is 11.5 Å². The van der Waals surface area contributed by atoms with Gasteiger partial charge in [-0.1, -0.05) is 11.6 Å². The number of amides is 2. The van der Waals surface area contributed by atoms with Gasteiger partial charge in [0.15, 0.2) is 0 Å². The maximum absolute atomic E-state index is 12.6. The van der Waals surface area contributed by atoms with Crippen LogP contribution in [-0.2, 0) is 10.0 Å². The molecule has 0 unspecified atom stereocenters. The van der Waals surface area contributed by atoms with Crippen LogP contribution in [-0.4, -0.2) is 69.6 Å². The maximum atomic E-state index is 12.6. The first-order valence-electron chi connectivity index (χ1n) is 9.54. The van der Waals surface area contributed by atoms with E-state index >= 15 is 0 Å². The number of benzene rings is 1. The van der Waals surface area contributed by atoms with Gasteiger partial charge in [0.1, 0.15) is 22.3 Å². The summed E-state index contributed by atoms with van der Waals surface area (Å²) in [5.41, 5.74) is 0. The van der Waals surface area contributed by atoms with Crippen LogP contribution in [0.25, 0.3) is 0 Å². The van der Waals surface area contributed by atoms with Crippen LogP contribution in [0.2, 0.25) is 4.34 Å². The largest absolute Gasteiger partial charge is 0.494 e. The Hall–Kier alpha value is -2.01. The van der Waals surface area contributed by atoms with Crippen molar-refractivity contribution in [2.45, 2.75) is 11.1 Å². The van der Waals surface area contributed by atoms with Crippen molar-refractivity contribution in [3.63, 3.8) is 0 Å². The minimum absolute atomic E-state index is 0.219. The number of nitrogens with zero attached hydrogens (tertiary/aromatic N) is 2. The molecule has 11 heteroatoms. The van der Waals surface area contributed by atoms with Crippen LogP contribution in [0.1, 0.15) is 6.92 Å². The second-order valence-corrected chi connectivity index (χ2v) is 10.3. The zero-order valence-electron chi connectivity index (χ0n) is 16.5. The molecule has 1 N–H and O–H groups in total. The zero-order chi connectivity index (χ0) is 21.6. The molecule has 2 heterocycles. The molecular formula is C19H24ClN3O5S2. The molecule has 0 aliphatic carbocycles. The summed E-state index contributed by atoms with van der Waals surface area (Å²) >= 11 is 6.88. The number of carbonyl (C=O) groups excluding carboxylic acids is 1. The average Bonchev–Trinajstić information content (AvgIpc) is 3.20. The highest BCUT2D eigenvalue weighted by Gasteiger charge is 2.31. The molecule has 1 aliphatic heterocycles. The maximum Gasteiger partial charge on any atom is 0.317 e. The second kappa shape index (κ2) is 10.3. The van der Waals surface area contributed by atoms with Crippen molar-refractivity contribution >= 4 is 39.0 Å². The van der Waals surface area contributed by atoms with Crippen molar-refractivity contribution in [1.82, 2.24) is 14.5 Å². The van der Waals surface area contributed by atoms with E-state index in [1.165, 1.54) is 10.4 Å². The third-order valence-corrected chi connectivity index (χ3v) is 8.05. The standard InChI is InChI=1S/C19H24ClN3O5S2/c1-2-27-15-3-5-16(6-4-15)28-14-9-21-19(24)22-10-12-23(13-11-22)30(25,26)18-8-7-17(20)29-18/h3-8H,2,9-14H2,1H3,(H,21,24). The zero-order valence-corrected chi connectivity index (χ0v) is 18.9. The fourth-order valence-electron chi connectivity index (χ4n) is 2.93. The Morgan fingerprint density at radius 3 is 2.27 bits per heavy atom. The van der Waals surface area contributed by atoms with E-state index in [1.54, 1.807) is 11.0 Å². The number of urea groups is 1. The topological polar surface area (TPSA) is 88.2 Å². The summed E-state index contributed by atoms with van der Waals surface area (Å²) < 4.78 is 38.2. The van der Waals surface area contributed by atoms with Crippen molar-refractivity contribution in [2.24, 2.45) is 0 Å². The number of carbonyl (C=O) groups is 1. The van der Waals surface area contributed by atoms with Gasteiger partial charge in [-0.25, -0.2) is 13.2 Å². The lowest BCUT2D eigenvalue weighted by Gasteiger charge is -2.33. The number of sulfonamides is 1. The Morgan fingerprint density at radius 1 is 1.07 bits per heavy atom. The van der Waals surface area contributed by atoms with Gasteiger partial charge < -0.3 is 19.7 Å². The Kier molecular flexibility index (Phi) is 7.81. The summed E-state index contributed by atoms with van der Waals surface area (Å²) in [6.45, 7) is 4.33. The van der Waals surface area contributed by atoms with Gasteiger partial charge in [0, 0.05) is 26.2 Å². The molecule has 2 aromatic rings. The van der Waals surface area contributed by atoms with E-state index in [9.17, 15) is 13.2 Å². The molecule has 0 atom stereocenters. The van der Waals surface area contributed by atoms with Gasteiger partial charge in [0.05, 0.1) is 17.5 Å². The Morgan fingerprint density at radius 2 is 1.70 bits per heavy atom. The summed E-state index contributed by atoms with van der Waals surface area (Å²) in [5.74, 6) is 1.47. The molecule has 0 saturated carbocycles. The summed E-state index contributed by atoms with van der Waals surface area (Å²) in [6.07, 6.45) is 0. The quantitative estimate of drug-likeness (QED) is 0.595. The molecule has 164 valence electrons. The lowest BCUT2D eigenvalue weighted by atomic mass is 10.3. The molecule has 3 rings (SSSR count).